The summed E-state index contributed by atoms with van der Waals surface area (Å²) in [5.74, 6) is -0.810. The van der Waals surface area contributed by atoms with Gasteiger partial charge >= 0.3 is 0 Å². The Kier molecular flexibility index (Phi) is 4.25. The summed E-state index contributed by atoms with van der Waals surface area (Å²) in [6.07, 6.45) is 1.45. The lowest BCUT2D eigenvalue weighted by atomic mass is 10.0. The zero-order valence-electron chi connectivity index (χ0n) is 11.3. The smallest absolute Gasteiger partial charge is 0.221 e. The maximum atomic E-state index is 11.2. The van der Waals surface area contributed by atoms with E-state index < -0.39 is 0 Å². The molecule has 0 bridgehead atoms. The monoisotopic (exact) mass is 271 g/mol. The summed E-state index contributed by atoms with van der Waals surface area (Å²) in [6, 6.07) is 13.1. The molecule has 20 heavy (non-hydrogen) atoms. The van der Waals surface area contributed by atoms with E-state index in [1.807, 2.05) is 30.3 Å². The van der Waals surface area contributed by atoms with Gasteiger partial charge in [0.25, 0.3) is 0 Å². The van der Waals surface area contributed by atoms with Crippen LogP contribution in [0.5, 0.6) is 11.5 Å². The molecule has 0 aliphatic rings. The van der Waals surface area contributed by atoms with Crippen molar-refractivity contribution in [3.8, 4) is 11.5 Å². The molecule has 0 unspecified atom stereocenters. The van der Waals surface area contributed by atoms with Crippen molar-refractivity contribution >= 4 is 11.6 Å². The third-order valence-electron chi connectivity index (χ3n) is 3.07. The summed E-state index contributed by atoms with van der Waals surface area (Å²) in [7, 11) is 0. The van der Waals surface area contributed by atoms with Gasteiger partial charge in [-0.2, -0.15) is 0 Å². The van der Waals surface area contributed by atoms with E-state index in [9.17, 15) is 15.0 Å². The van der Waals surface area contributed by atoms with Crippen LogP contribution in [0.15, 0.2) is 42.5 Å². The molecule has 4 heteroatoms. The normalized spacial score (nSPS) is 10.2. The highest BCUT2D eigenvalue weighted by atomic mass is 16.3. The van der Waals surface area contributed by atoms with Gasteiger partial charge in [0.15, 0.2) is 11.5 Å². The first-order valence-electron chi connectivity index (χ1n) is 6.43. The quantitative estimate of drug-likeness (QED) is 0.749. The number of aromatic hydroxyl groups is 2. The van der Waals surface area contributed by atoms with Crippen LogP contribution in [0.25, 0.3) is 0 Å². The summed E-state index contributed by atoms with van der Waals surface area (Å²) in [4.78, 5) is 11.2. The third-order valence-corrected chi connectivity index (χ3v) is 3.07. The third kappa shape index (κ3) is 3.29. The molecule has 2 aromatic carbocycles. The molecule has 0 saturated carbocycles. The van der Waals surface area contributed by atoms with Crippen molar-refractivity contribution in [1.29, 1.82) is 0 Å². The fraction of sp³-hybridized carbons (Fsp3) is 0.188. The Balaban J connectivity index is 2.22. The molecule has 104 valence electrons. The van der Waals surface area contributed by atoms with Crippen LogP contribution in [0.4, 0.5) is 5.69 Å². The molecular formula is C16H17NO3. The summed E-state index contributed by atoms with van der Waals surface area (Å²) >= 11 is 0. The molecule has 0 radical (unpaired) electrons. The molecular weight excluding hydrogens is 254 g/mol. The molecule has 0 heterocycles. The van der Waals surface area contributed by atoms with Gasteiger partial charge in [0, 0.05) is 6.92 Å². The van der Waals surface area contributed by atoms with E-state index in [1.54, 1.807) is 6.07 Å². The summed E-state index contributed by atoms with van der Waals surface area (Å²) < 4.78 is 0. The largest absolute Gasteiger partial charge is 0.504 e. The molecule has 0 fully saturated rings. The van der Waals surface area contributed by atoms with E-state index in [1.165, 1.54) is 18.6 Å². The standard InChI is InChI=1S/C16H17NO3/c1-11(18)17-15-13(9-10-14(19)16(15)20)8-7-12-5-3-2-4-6-12/h2-6,9-10,19-20H,7-8H2,1H3,(H,17,18). The van der Waals surface area contributed by atoms with E-state index in [2.05, 4.69) is 5.32 Å². The minimum Gasteiger partial charge on any atom is -0.504 e. The number of anilines is 1. The zero-order chi connectivity index (χ0) is 14.5. The number of hydrogen-bond acceptors (Lipinski definition) is 3. The minimum atomic E-state index is -0.286. The van der Waals surface area contributed by atoms with Crippen molar-refractivity contribution in [2.75, 3.05) is 5.32 Å². The molecule has 0 atom stereocenters. The number of carbonyl (C=O) groups excluding carboxylic acids is 1. The topological polar surface area (TPSA) is 69.6 Å². The lowest BCUT2D eigenvalue weighted by molar-refractivity contribution is -0.114. The summed E-state index contributed by atoms with van der Waals surface area (Å²) in [6.45, 7) is 1.37. The number of benzene rings is 2. The second-order valence-corrected chi connectivity index (χ2v) is 4.63. The molecule has 2 rings (SSSR count). The maximum Gasteiger partial charge on any atom is 0.221 e. The van der Waals surface area contributed by atoms with Crippen molar-refractivity contribution in [3.05, 3.63) is 53.6 Å². The van der Waals surface area contributed by atoms with Crippen LogP contribution in [0.1, 0.15) is 18.1 Å². The Hall–Kier alpha value is -2.49. The van der Waals surface area contributed by atoms with Crippen LogP contribution < -0.4 is 5.32 Å². The van der Waals surface area contributed by atoms with Crippen molar-refractivity contribution in [2.45, 2.75) is 19.8 Å². The Labute approximate surface area is 117 Å². The van der Waals surface area contributed by atoms with Crippen molar-refractivity contribution in [3.63, 3.8) is 0 Å². The Morgan fingerprint density at radius 2 is 1.75 bits per heavy atom. The highest BCUT2D eigenvalue weighted by Crippen LogP contribution is 2.36. The molecule has 3 N–H and O–H groups in total. The number of rotatable bonds is 4. The van der Waals surface area contributed by atoms with Crippen LogP contribution in [0.3, 0.4) is 0 Å². The van der Waals surface area contributed by atoms with Gasteiger partial charge < -0.3 is 15.5 Å². The van der Waals surface area contributed by atoms with Crippen molar-refractivity contribution in [2.24, 2.45) is 0 Å². The summed E-state index contributed by atoms with van der Waals surface area (Å²) in [5, 5.41) is 22.0. The minimum absolute atomic E-state index is 0.239. The van der Waals surface area contributed by atoms with E-state index in [0.717, 1.165) is 12.0 Å². The molecule has 0 spiro atoms. The number of carbonyl (C=O) groups is 1. The molecule has 0 aromatic heterocycles. The van der Waals surface area contributed by atoms with Crippen LogP contribution in [0.2, 0.25) is 0 Å². The molecule has 0 saturated heterocycles. The van der Waals surface area contributed by atoms with E-state index in [-0.39, 0.29) is 23.1 Å². The second-order valence-electron chi connectivity index (χ2n) is 4.63. The van der Waals surface area contributed by atoms with Crippen LogP contribution in [-0.4, -0.2) is 16.1 Å². The molecule has 4 nitrogen and oxygen atoms in total. The average molecular weight is 271 g/mol. The first-order valence-corrected chi connectivity index (χ1v) is 6.43. The van der Waals surface area contributed by atoms with Gasteiger partial charge in [0.05, 0.1) is 5.69 Å². The predicted molar refractivity (Wildman–Crippen MR) is 77.9 cm³/mol. The molecule has 1 amide bonds. The second kappa shape index (κ2) is 6.10. The number of nitrogens with one attached hydrogen (secondary N) is 1. The summed E-state index contributed by atoms with van der Waals surface area (Å²) in [5.41, 5.74) is 2.25. The van der Waals surface area contributed by atoms with Gasteiger partial charge in [-0.1, -0.05) is 36.4 Å². The fourth-order valence-electron chi connectivity index (χ4n) is 2.07. The fourth-order valence-corrected chi connectivity index (χ4v) is 2.07. The van der Waals surface area contributed by atoms with Gasteiger partial charge in [0.2, 0.25) is 5.91 Å². The lowest BCUT2D eigenvalue weighted by Gasteiger charge is -2.13. The number of amides is 1. The van der Waals surface area contributed by atoms with Gasteiger partial charge in [-0.15, -0.1) is 0 Å². The van der Waals surface area contributed by atoms with E-state index in [4.69, 9.17) is 0 Å². The maximum absolute atomic E-state index is 11.2. The van der Waals surface area contributed by atoms with Crippen molar-refractivity contribution in [1.82, 2.24) is 0 Å². The SMILES string of the molecule is CC(=O)Nc1c(CCc2ccccc2)ccc(O)c1O. The molecule has 0 aliphatic carbocycles. The number of phenolic OH excluding ortho intramolecular Hbond substituents is 2. The molecule has 0 aliphatic heterocycles. The predicted octanol–water partition coefficient (Wildman–Crippen LogP) is 2.84. The Morgan fingerprint density at radius 1 is 1.05 bits per heavy atom. The van der Waals surface area contributed by atoms with Crippen LogP contribution in [-0.2, 0) is 17.6 Å². The van der Waals surface area contributed by atoms with Gasteiger partial charge in [-0.25, -0.2) is 0 Å². The Bertz CT molecular complexity index is 609. The average Bonchev–Trinajstić information content (AvgIpc) is 2.44. The van der Waals surface area contributed by atoms with Gasteiger partial charge in [0.1, 0.15) is 0 Å². The number of phenols is 2. The Morgan fingerprint density at radius 3 is 2.40 bits per heavy atom. The van der Waals surface area contributed by atoms with E-state index >= 15 is 0 Å². The number of hydrogen-bond donors (Lipinski definition) is 3. The van der Waals surface area contributed by atoms with Crippen LogP contribution >= 0.6 is 0 Å². The van der Waals surface area contributed by atoms with E-state index in [0.29, 0.717) is 6.42 Å². The first kappa shape index (κ1) is 13.9. The van der Waals surface area contributed by atoms with Gasteiger partial charge in [-0.05, 0) is 30.0 Å². The van der Waals surface area contributed by atoms with Gasteiger partial charge in [-0.3, -0.25) is 4.79 Å². The number of aryl methyl sites for hydroxylation is 2. The molecule has 2 aromatic rings. The highest BCUT2D eigenvalue weighted by molar-refractivity contribution is 5.92. The lowest BCUT2D eigenvalue weighted by Crippen LogP contribution is -2.09. The van der Waals surface area contributed by atoms with Crippen LogP contribution in [0, 0.1) is 0 Å². The van der Waals surface area contributed by atoms with Crippen molar-refractivity contribution < 1.29 is 15.0 Å². The highest BCUT2D eigenvalue weighted by Gasteiger charge is 2.13. The zero-order valence-corrected chi connectivity index (χ0v) is 11.3. The first-order chi connectivity index (χ1) is 9.58.